The minimum absolute atomic E-state index is 0.0384. The third-order valence-corrected chi connectivity index (χ3v) is 3.53. The van der Waals surface area contributed by atoms with E-state index >= 15 is 0 Å². The average molecular weight is 319 g/mol. The number of benzene rings is 1. The maximum Gasteiger partial charge on any atom is 0.375 e. The van der Waals surface area contributed by atoms with Crippen LogP contribution in [0.15, 0.2) is 28.7 Å². The van der Waals surface area contributed by atoms with Crippen molar-refractivity contribution in [3.8, 4) is 0 Å². The zero-order chi connectivity index (χ0) is 16.8. The molecule has 6 heteroatoms. The fourth-order valence-corrected chi connectivity index (χ4v) is 2.17. The van der Waals surface area contributed by atoms with E-state index in [4.69, 9.17) is 13.9 Å². The summed E-state index contributed by atoms with van der Waals surface area (Å²) in [6, 6.07) is 7.32. The molecule has 0 aliphatic rings. The third-order valence-electron chi connectivity index (χ3n) is 3.53. The van der Waals surface area contributed by atoms with Gasteiger partial charge in [0.25, 0.3) is 5.91 Å². The normalized spacial score (nSPS) is 12.1. The molecule has 0 aliphatic heterocycles. The van der Waals surface area contributed by atoms with Crippen LogP contribution >= 0.6 is 0 Å². The molecule has 1 aromatic heterocycles. The van der Waals surface area contributed by atoms with Crippen molar-refractivity contribution in [2.75, 3.05) is 13.7 Å². The van der Waals surface area contributed by atoms with E-state index in [1.54, 1.807) is 6.07 Å². The van der Waals surface area contributed by atoms with Crippen molar-refractivity contribution in [3.63, 3.8) is 0 Å². The van der Waals surface area contributed by atoms with E-state index in [0.717, 1.165) is 11.8 Å². The van der Waals surface area contributed by atoms with Gasteiger partial charge in [-0.15, -0.1) is 0 Å². The van der Waals surface area contributed by atoms with Gasteiger partial charge in [0.05, 0.1) is 6.61 Å². The summed E-state index contributed by atoms with van der Waals surface area (Å²) < 4.78 is 15.7. The number of rotatable bonds is 7. The van der Waals surface area contributed by atoms with Crippen molar-refractivity contribution in [2.24, 2.45) is 0 Å². The Bertz CT molecular complexity index is 691. The summed E-state index contributed by atoms with van der Waals surface area (Å²) in [5.41, 5.74) is 1.20. The molecule has 23 heavy (non-hydrogen) atoms. The fourth-order valence-electron chi connectivity index (χ4n) is 2.17. The molecular weight excluding hydrogens is 298 g/mol. The second kappa shape index (κ2) is 7.78. The van der Waals surface area contributed by atoms with Crippen LogP contribution < -0.4 is 5.32 Å². The third kappa shape index (κ3) is 4.10. The molecule has 0 saturated heterocycles. The topological polar surface area (TPSA) is 77.8 Å². The molecule has 0 aliphatic carbocycles. The lowest BCUT2D eigenvalue weighted by Crippen LogP contribution is -2.35. The van der Waals surface area contributed by atoms with Gasteiger partial charge >= 0.3 is 5.97 Å². The van der Waals surface area contributed by atoms with E-state index < -0.39 is 5.97 Å². The quantitative estimate of drug-likeness (QED) is 0.794. The Labute approximate surface area is 134 Å². The molecule has 2 aromatic rings. The number of methoxy groups -OCH3 is 1. The van der Waals surface area contributed by atoms with Crippen LogP contribution in [0.5, 0.6) is 0 Å². The molecule has 1 atom stereocenters. The fraction of sp³-hybridized carbons (Fsp3) is 0.412. The van der Waals surface area contributed by atoms with Crippen LogP contribution in [0, 0.1) is 0 Å². The summed E-state index contributed by atoms with van der Waals surface area (Å²) in [6.07, 6.45) is 0.807. The van der Waals surface area contributed by atoms with Crippen LogP contribution in [0.1, 0.15) is 36.4 Å². The van der Waals surface area contributed by atoms with Gasteiger partial charge in [0.1, 0.15) is 5.58 Å². The van der Waals surface area contributed by atoms with Gasteiger partial charge in [0, 0.05) is 24.1 Å². The maximum absolute atomic E-state index is 12.2. The number of hydrogen-bond donors (Lipinski definition) is 1. The van der Waals surface area contributed by atoms with Crippen LogP contribution in [0.25, 0.3) is 11.0 Å². The van der Waals surface area contributed by atoms with Crippen LogP contribution in [0.3, 0.4) is 0 Å². The van der Waals surface area contributed by atoms with E-state index in [1.165, 1.54) is 7.11 Å². The SMILES string of the molecule is CCC(C)NC(=O)COC(=O)c1oc2ccccc2c1COC. The number of furan rings is 1. The van der Waals surface area contributed by atoms with Crippen molar-refractivity contribution in [2.45, 2.75) is 32.9 Å². The van der Waals surface area contributed by atoms with E-state index in [1.807, 2.05) is 32.0 Å². The number of fused-ring (bicyclic) bond motifs is 1. The second-order valence-electron chi connectivity index (χ2n) is 5.29. The van der Waals surface area contributed by atoms with E-state index in [2.05, 4.69) is 5.32 Å². The van der Waals surface area contributed by atoms with Crippen molar-refractivity contribution in [1.29, 1.82) is 0 Å². The van der Waals surface area contributed by atoms with E-state index in [9.17, 15) is 9.59 Å². The highest BCUT2D eigenvalue weighted by Gasteiger charge is 2.22. The molecular formula is C17H21NO5. The van der Waals surface area contributed by atoms with Crippen molar-refractivity contribution in [3.05, 3.63) is 35.6 Å². The van der Waals surface area contributed by atoms with Gasteiger partial charge in [0.15, 0.2) is 6.61 Å². The number of amides is 1. The minimum Gasteiger partial charge on any atom is -0.450 e. The molecule has 1 unspecified atom stereocenters. The molecule has 0 spiro atoms. The molecule has 2 rings (SSSR count). The highest BCUT2D eigenvalue weighted by atomic mass is 16.5. The lowest BCUT2D eigenvalue weighted by Gasteiger charge is -2.11. The Morgan fingerprint density at radius 1 is 1.30 bits per heavy atom. The number of nitrogens with one attached hydrogen (secondary N) is 1. The first-order valence-electron chi connectivity index (χ1n) is 7.52. The Morgan fingerprint density at radius 3 is 2.74 bits per heavy atom. The predicted octanol–water partition coefficient (Wildman–Crippen LogP) is 2.65. The number of ether oxygens (including phenoxy) is 2. The Kier molecular flexibility index (Phi) is 5.76. The second-order valence-corrected chi connectivity index (χ2v) is 5.29. The molecule has 1 aromatic carbocycles. The zero-order valence-corrected chi connectivity index (χ0v) is 13.5. The van der Waals surface area contributed by atoms with Gasteiger partial charge < -0.3 is 19.2 Å². The van der Waals surface area contributed by atoms with Crippen LogP contribution in [-0.2, 0) is 20.9 Å². The van der Waals surface area contributed by atoms with Gasteiger partial charge in [-0.2, -0.15) is 0 Å². The molecule has 0 saturated carbocycles. The number of carbonyl (C=O) groups excluding carboxylic acids is 2. The number of esters is 1. The Morgan fingerprint density at radius 2 is 2.04 bits per heavy atom. The first-order valence-corrected chi connectivity index (χ1v) is 7.52. The maximum atomic E-state index is 12.2. The average Bonchev–Trinajstić information content (AvgIpc) is 2.92. The van der Waals surface area contributed by atoms with Gasteiger partial charge in [-0.05, 0) is 19.4 Å². The van der Waals surface area contributed by atoms with Crippen molar-refractivity contribution in [1.82, 2.24) is 5.32 Å². The molecule has 0 fully saturated rings. The Balaban J connectivity index is 2.11. The molecule has 0 bridgehead atoms. The van der Waals surface area contributed by atoms with E-state index in [0.29, 0.717) is 11.1 Å². The number of para-hydroxylation sites is 1. The molecule has 6 nitrogen and oxygen atoms in total. The zero-order valence-electron chi connectivity index (χ0n) is 13.5. The molecule has 1 amide bonds. The number of carbonyl (C=O) groups is 2. The molecule has 1 heterocycles. The monoisotopic (exact) mass is 319 g/mol. The standard InChI is InChI=1S/C17H21NO5/c1-4-11(2)18-15(19)10-22-17(20)16-13(9-21-3)12-7-5-6-8-14(12)23-16/h5-8,11H,4,9-10H2,1-3H3,(H,18,19). The van der Waals surface area contributed by atoms with Crippen molar-refractivity contribution < 1.29 is 23.5 Å². The number of hydrogen-bond acceptors (Lipinski definition) is 5. The van der Waals surface area contributed by atoms with Crippen molar-refractivity contribution >= 4 is 22.8 Å². The lowest BCUT2D eigenvalue weighted by atomic mass is 10.1. The summed E-state index contributed by atoms with van der Waals surface area (Å²) in [5, 5.41) is 3.53. The molecule has 124 valence electrons. The molecule has 0 radical (unpaired) electrons. The highest BCUT2D eigenvalue weighted by molar-refractivity contribution is 5.96. The largest absolute Gasteiger partial charge is 0.450 e. The summed E-state index contributed by atoms with van der Waals surface area (Å²) in [7, 11) is 1.54. The summed E-state index contributed by atoms with van der Waals surface area (Å²) >= 11 is 0. The predicted molar refractivity (Wildman–Crippen MR) is 85.1 cm³/mol. The van der Waals surface area contributed by atoms with Crippen LogP contribution in [-0.4, -0.2) is 31.6 Å². The van der Waals surface area contributed by atoms with Gasteiger partial charge in [-0.3, -0.25) is 4.79 Å². The first-order chi connectivity index (χ1) is 11.1. The van der Waals surface area contributed by atoms with Gasteiger partial charge in [0.2, 0.25) is 5.76 Å². The summed E-state index contributed by atoms with van der Waals surface area (Å²) in [6.45, 7) is 3.73. The smallest absolute Gasteiger partial charge is 0.375 e. The van der Waals surface area contributed by atoms with Gasteiger partial charge in [-0.25, -0.2) is 4.79 Å². The lowest BCUT2D eigenvalue weighted by molar-refractivity contribution is -0.124. The highest BCUT2D eigenvalue weighted by Crippen LogP contribution is 2.27. The first kappa shape index (κ1) is 17.0. The van der Waals surface area contributed by atoms with E-state index in [-0.39, 0.29) is 30.9 Å². The summed E-state index contributed by atoms with van der Waals surface area (Å²) in [5.74, 6) is -0.936. The minimum atomic E-state index is -0.674. The van der Waals surface area contributed by atoms with Crippen LogP contribution in [0.2, 0.25) is 0 Å². The molecule has 1 N–H and O–H groups in total. The Hall–Kier alpha value is -2.34. The van der Waals surface area contributed by atoms with Gasteiger partial charge in [-0.1, -0.05) is 25.1 Å². The van der Waals surface area contributed by atoms with Crippen LogP contribution in [0.4, 0.5) is 0 Å². The summed E-state index contributed by atoms with van der Waals surface area (Å²) in [4.78, 5) is 23.9.